The van der Waals surface area contributed by atoms with Crippen LogP contribution in [0.4, 0.5) is 5.69 Å². The molecule has 0 aliphatic heterocycles. The average molecular weight is 395 g/mol. The van der Waals surface area contributed by atoms with Crippen LogP contribution in [0.5, 0.6) is 0 Å². The number of benzene rings is 1. The summed E-state index contributed by atoms with van der Waals surface area (Å²) in [5, 5.41) is 21.4. The number of allylic oxidation sites excluding steroid dienone is 1. The minimum Gasteiger partial charge on any atom is -0.268 e. The highest BCUT2D eigenvalue weighted by Crippen LogP contribution is 2.22. The summed E-state index contributed by atoms with van der Waals surface area (Å²) in [5.41, 5.74) is 1.19. The number of rotatable bonds is 4. The Bertz CT molecular complexity index is 1400. The lowest BCUT2D eigenvalue weighted by Crippen LogP contribution is -2.22. The highest BCUT2D eigenvalue weighted by atomic mass is 16.6. The van der Waals surface area contributed by atoms with Gasteiger partial charge in [-0.1, -0.05) is 12.1 Å². The molecule has 0 amide bonds. The third kappa shape index (κ3) is 3.43. The zero-order valence-corrected chi connectivity index (χ0v) is 15.5. The van der Waals surface area contributed by atoms with E-state index in [1.165, 1.54) is 35.0 Å². The van der Waals surface area contributed by atoms with Crippen LogP contribution in [0.1, 0.15) is 11.1 Å². The number of non-ortho nitro benzene ring substituents is 1. The van der Waals surface area contributed by atoms with E-state index >= 15 is 0 Å². The van der Waals surface area contributed by atoms with Crippen LogP contribution in [0.15, 0.2) is 78.0 Å². The van der Waals surface area contributed by atoms with Gasteiger partial charge in [-0.25, -0.2) is 4.98 Å². The van der Waals surface area contributed by atoms with Gasteiger partial charge in [0.05, 0.1) is 22.3 Å². The molecule has 0 bridgehead atoms. The minimum atomic E-state index is -0.524. The van der Waals surface area contributed by atoms with Crippen LogP contribution >= 0.6 is 0 Å². The molecule has 4 rings (SSSR count). The number of aromatic nitrogens is 3. The SMILES string of the molecule is N#C/C(=C/c1cc2cccnc2n(-c2cccc([N+](=O)[O-])c2)c1=O)c1cccnc1. The van der Waals surface area contributed by atoms with Crippen LogP contribution in [0.25, 0.3) is 28.4 Å². The highest BCUT2D eigenvalue weighted by Gasteiger charge is 2.14. The van der Waals surface area contributed by atoms with E-state index in [0.29, 0.717) is 22.3 Å². The number of nitrogens with zero attached hydrogens (tertiary/aromatic N) is 5. The lowest BCUT2D eigenvalue weighted by molar-refractivity contribution is -0.384. The fourth-order valence-electron chi connectivity index (χ4n) is 3.11. The molecule has 8 nitrogen and oxygen atoms in total. The first-order valence-corrected chi connectivity index (χ1v) is 8.86. The lowest BCUT2D eigenvalue weighted by atomic mass is 10.1. The number of pyridine rings is 3. The largest absolute Gasteiger partial charge is 0.271 e. The van der Waals surface area contributed by atoms with Gasteiger partial charge in [0, 0.05) is 47.2 Å². The molecule has 1 aromatic carbocycles. The lowest BCUT2D eigenvalue weighted by Gasteiger charge is -2.11. The van der Waals surface area contributed by atoms with E-state index in [4.69, 9.17) is 0 Å². The van der Waals surface area contributed by atoms with Gasteiger partial charge in [-0.05, 0) is 36.4 Å². The zero-order valence-electron chi connectivity index (χ0n) is 15.5. The van der Waals surface area contributed by atoms with E-state index in [9.17, 15) is 20.2 Å². The number of nitriles is 1. The quantitative estimate of drug-likeness (QED) is 0.295. The second-order valence-corrected chi connectivity index (χ2v) is 6.34. The molecule has 0 saturated carbocycles. The van der Waals surface area contributed by atoms with Crippen molar-refractivity contribution < 1.29 is 4.92 Å². The van der Waals surface area contributed by atoms with E-state index in [0.717, 1.165) is 0 Å². The predicted octanol–water partition coefficient (Wildman–Crippen LogP) is 3.75. The van der Waals surface area contributed by atoms with Crippen molar-refractivity contribution in [3.8, 4) is 11.8 Å². The molecule has 0 saturated heterocycles. The Labute approximate surface area is 170 Å². The van der Waals surface area contributed by atoms with Crippen molar-refractivity contribution in [1.82, 2.24) is 14.5 Å². The van der Waals surface area contributed by atoms with Crippen molar-refractivity contribution in [1.29, 1.82) is 5.26 Å². The molecule has 3 aromatic heterocycles. The average Bonchev–Trinajstić information content (AvgIpc) is 2.78. The molecule has 0 N–H and O–H groups in total. The second-order valence-electron chi connectivity index (χ2n) is 6.34. The van der Waals surface area contributed by atoms with Crippen LogP contribution in [0, 0.1) is 21.4 Å². The molecule has 144 valence electrons. The Morgan fingerprint density at radius 2 is 1.97 bits per heavy atom. The van der Waals surface area contributed by atoms with Crippen LogP contribution in [0.3, 0.4) is 0 Å². The highest BCUT2D eigenvalue weighted by molar-refractivity contribution is 5.91. The first kappa shape index (κ1) is 18.7. The van der Waals surface area contributed by atoms with Gasteiger partial charge in [0.1, 0.15) is 5.65 Å². The third-order valence-corrected chi connectivity index (χ3v) is 4.48. The summed E-state index contributed by atoms with van der Waals surface area (Å²) in [6, 6.07) is 16.4. The molecule has 8 heteroatoms. The summed E-state index contributed by atoms with van der Waals surface area (Å²) in [5.74, 6) is 0. The normalized spacial score (nSPS) is 11.2. The van der Waals surface area contributed by atoms with Crippen molar-refractivity contribution in [2.45, 2.75) is 0 Å². The number of hydrogen-bond donors (Lipinski definition) is 0. The summed E-state index contributed by atoms with van der Waals surface area (Å²) >= 11 is 0. The summed E-state index contributed by atoms with van der Waals surface area (Å²) in [6.45, 7) is 0. The number of hydrogen-bond acceptors (Lipinski definition) is 6. The van der Waals surface area contributed by atoms with E-state index in [1.807, 2.05) is 0 Å². The van der Waals surface area contributed by atoms with Gasteiger partial charge in [-0.2, -0.15) is 5.26 Å². The van der Waals surface area contributed by atoms with E-state index in [-0.39, 0.29) is 16.8 Å². The summed E-state index contributed by atoms with van der Waals surface area (Å²) in [4.78, 5) is 32.3. The number of nitro benzene ring substituents is 1. The van der Waals surface area contributed by atoms with Crippen molar-refractivity contribution in [3.63, 3.8) is 0 Å². The molecule has 0 aliphatic rings. The first-order chi connectivity index (χ1) is 14.6. The summed E-state index contributed by atoms with van der Waals surface area (Å²) < 4.78 is 1.31. The van der Waals surface area contributed by atoms with Gasteiger partial charge >= 0.3 is 0 Å². The maximum absolute atomic E-state index is 13.3. The Hall–Kier alpha value is -4.64. The molecule has 0 spiro atoms. The molecule has 0 aliphatic carbocycles. The molecule has 0 atom stereocenters. The molecule has 0 unspecified atom stereocenters. The van der Waals surface area contributed by atoms with Gasteiger partial charge in [-0.3, -0.25) is 24.5 Å². The van der Waals surface area contributed by atoms with Gasteiger partial charge in [0.15, 0.2) is 0 Å². The van der Waals surface area contributed by atoms with Crippen molar-refractivity contribution in [2.24, 2.45) is 0 Å². The Morgan fingerprint density at radius 1 is 1.13 bits per heavy atom. The van der Waals surface area contributed by atoms with Crippen LogP contribution in [-0.4, -0.2) is 19.5 Å². The fraction of sp³-hybridized carbons (Fsp3) is 0. The molecule has 3 heterocycles. The van der Waals surface area contributed by atoms with Gasteiger partial charge in [0.25, 0.3) is 11.2 Å². The van der Waals surface area contributed by atoms with Gasteiger partial charge < -0.3 is 0 Å². The molecule has 30 heavy (non-hydrogen) atoms. The van der Waals surface area contributed by atoms with E-state index in [2.05, 4.69) is 16.0 Å². The van der Waals surface area contributed by atoms with Gasteiger partial charge in [-0.15, -0.1) is 0 Å². The molecular weight excluding hydrogens is 382 g/mol. The maximum Gasteiger partial charge on any atom is 0.271 e. The van der Waals surface area contributed by atoms with Crippen molar-refractivity contribution in [2.75, 3.05) is 0 Å². The zero-order chi connectivity index (χ0) is 21.1. The summed E-state index contributed by atoms with van der Waals surface area (Å²) in [7, 11) is 0. The standard InChI is InChI=1S/C22H13N5O3/c23-13-18(16-5-2-8-24-14-16)11-17-10-15-4-3-9-25-21(15)26(22(17)28)19-6-1-7-20(12-19)27(29)30/h1-12,14H/b18-11-. The Balaban J connectivity index is 2.01. The number of fused-ring (bicyclic) bond motifs is 1. The van der Waals surface area contributed by atoms with E-state index < -0.39 is 10.5 Å². The number of nitro groups is 1. The van der Waals surface area contributed by atoms with Gasteiger partial charge in [0.2, 0.25) is 0 Å². The summed E-state index contributed by atoms with van der Waals surface area (Å²) in [6.07, 6.45) is 6.16. The maximum atomic E-state index is 13.3. The minimum absolute atomic E-state index is 0.141. The molecule has 0 fully saturated rings. The van der Waals surface area contributed by atoms with E-state index in [1.54, 1.807) is 48.8 Å². The van der Waals surface area contributed by atoms with Crippen LogP contribution in [-0.2, 0) is 0 Å². The van der Waals surface area contributed by atoms with Crippen LogP contribution in [0.2, 0.25) is 0 Å². The van der Waals surface area contributed by atoms with Crippen molar-refractivity contribution >= 4 is 28.4 Å². The van der Waals surface area contributed by atoms with Crippen molar-refractivity contribution in [3.05, 3.63) is 105 Å². The molecule has 4 aromatic rings. The molecular formula is C22H13N5O3. The van der Waals surface area contributed by atoms with Crippen LogP contribution < -0.4 is 5.56 Å². The topological polar surface area (TPSA) is 115 Å². The first-order valence-electron chi connectivity index (χ1n) is 8.86. The second kappa shape index (κ2) is 7.77. The third-order valence-electron chi connectivity index (χ3n) is 4.48. The Morgan fingerprint density at radius 3 is 2.70 bits per heavy atom. The fourth-order valence-corrected chi connectivity index (χ4v) is 3.11. The Kier molecular flexibility index (Phi) is 4.85. The predicted molar refractivity (Wildman–Crippen MR) is 112 cm³/mol. The molecule has 0 radical (unpaired) electrons. The smallest absolute Gasteiger partial charge is 0.268 e. The monoisotopic (exact) mass is 395 g/mol.